The Morgan fingerprint density at radius 3 is 2.50 bits per heavy atom. The number of halogens is 1. The Hall–Kier alpha value is 0.573. The maximum atomic E-state index is 10.6. The van der Waals surface area contributed by atoms with Crippen LogP contribution in [0.25, 0.3) is 0 Å². The van der Waals surface area contributed by atoms with Gasteiger partial charge in [-0.1, -0.05) is 0 Å². The normalized spacial score (nSPS) is 11.6. The van der Waals surface area contributed by atoms with Crippen molar-refractivity contribution in [3.63, 3.8) is 0 Å². The molecule has 1 unspecified atom stereocenters. The van der Waals surface area contributed by atoms with E-state index in [-0.39, 0.29) is 23.0 Å². The summed E-state index contributed by atoms with van der Waals surface area (Å²) in [7, 11) is 1.43. The van der Waals surface area contributed by atoms with Gasteiger partial charge in [0.2, 0.25) is 0 Å². The molecule has 0 rings (SSSR count). The Balaban J connectivity index is 0. The van der Waals surface area contributed by atoms with E-state index in [1.807, 2.05) is 0 Å². The van der Waals surface area contributed by atoms with E-state index in [9.17, 15) is 4.79 Å². The van der Waals surface area contributed by atoms with Crippen molar-refractivity contribution < 1.29 is 27.8 Å². The van der Waals surface area contributed by atoms with Crippen LogP contribution in [0.4, 0.5) is 0 Å². The first kappa shape index (κ1) is 13.2. The molecular formula is C6H12BrO2Zn. The molecule has 57 valence electrons. The van der Waals surface area contributed by atoms with E-state index < -0.39 is 0 Å². The van der Waals surface area contributed by atoms with Gasteiger partial charge in [-0.2, -0.15) is 0 Å². The van der Waals surface area contributed by atoms with Gasteiger partial charge in [0.25, 0.3) is 0 Å². The number of carbonyl (C=O) groups excluding carboxylic acids is 1. The van der Waals surface area contributed by atoms with Gasteiger partial charge >= 0.3 is 65.2 Å². The van der Waals surface area contributed by atoms with Gasteiger partial charge in [-0.3, -0.25) is 0 Å². The van der Waals surface area contributed by atoms with E-state index in [1.165, 1.54) is 25.4 Å². The van der Waals surface area contributed by atoms with Crippen molar-refractivity contribution in [2.45, 2.75) is 18.4 Å². The zero-order chi connectivity index (χ0) is 7.28. The number of ether oxygens (including phenoxy) is 1. The van der Waals surface area contributed by atoms with Gasteiger partial charge in [0.05, 0.1) is 0 Å². The van der Waals surface area contributed by atoms with Crippen LogP contribution < -0.4 is 0 Å². The van der Waals surface area contributed by atoms with E-state index >= 15 is 0 Å². The van der Waals surface area contributed by atoms with Crippen LogP contribution in [0.1, 0.15) is 13.3 Å². The zero-order valence-electron chi connectivity index (χ0n) is 6.42. The summed E-state index contributed by atoms with van der Waals surface area (Å²) in [5.41, 5.74) is 0. The molecular weight excluding hydrogens is 249 g/mol. The summed E-state index contributed by atoms with van der Waals surface area (Å²) in [5, 5.41) is 1.16. The van der Waals surface area contributed by atoms with E-state index in [1.54, 1.807) is 0 Å². The van der Waals surface area contributed by atoms with Gasteiger partial charge < -0.3 is 0 Å². The molecule has 0 aromatic heterocycles. The molecule has 2 nitrogen and oxygen atoms in total. The molecule has 0 N–H and O–H groups in total. The summed E-state index contributed by atoms with van der Waals surface area (Å²) in [6.45, 7) is 2.07. The van der Waals surface area contributed by atoms with Gasteiger partial charge in [0.15, 0.2) is 0 Å². The van der Waals surface area contributed by atoms with Crippen LogP contribution in [0.2, 0.25) is 5.02 Å². The molecule has 0 bridgehead atoms. The molecule has 0 amide bonds. The fourth-order valence-corrected chi connectivity index (χ4v) is 0.898. The maximum absolute atomic E-state index is 10.6. The number of rotatable bonds is 3. The summed E-state index contributed by atoms with van der Waals surface area (Å²) in [6, 6.07) is 0. The third kappa shape index (κ3) is 6.69. The molecule has 0 aliphatic heterocycles. The molecule has 4 heteroatoms. The first-order valence-electron chi connectivity index (χ1n) is 3.06. The minimum atomic E-state index is -0.0871. The average molecular weight is 261 g/mol. The number of hydrogen-bond acceptors (Lipinski definition) is 2. The van der Waals surface area contributed by atoms with Gasteiger partial charge in [-0.15, -0.1) is 17.0 Å². The molecule has 10 heavy (non-hydrogen) atoms. The second-order valence-corrected chi connectivity index (χ2v) is 3.39. The summed E-state index contributed by atoms with van der Waals surface area (Å²) in [6.07, 6.45) is 0.580. The third-order valence-corrected chi connectivity index (χ3v) is 3.30. The first-order valence-corrected chi connectivity index (χ1v) is 5.16. The van der Waals surface area contributed by atoms with Crippen LogP contribution in [0.3, 0.4) is 0 Å². The number of methoxy groups -OCH3 is 1. The van der Waals surface area contributed by atoms with Crippen LogP contribution in [0, 0.1) is 5.92 Å². The second-order valence-electron chi connectivity index (χ2n) is 2.17. The van der Waals surface area contributed by atoms with Gasteiger partial charge in [-0.25, -0.2) is 0 Å². The SMILES string of the molecule is Br.COC(=O)CC(C)[CH2][Zn]. The summed E-state index contributed by atoms with van der Waals surface area (Å²) < 4.78 is 4.50. The van der Waals surface area contributed by atoms with Crippen molar-refractivity contribution in [3.8, 4) is 0 Å². The number of esters is 1. The van der Waals surface area contributed by atoms with Gasteiger partial charge in [-0.05, 0) is 0 Å². The Bertz CT molecular complexity index is 97.7. The van der Waals surface area contributed by atoms with Gasteiger partial charge in [0, 0.05) is 0 Å². The molecule has 0 fully saturated rings. The zero-order valence-corrected chi connectivity index (χ0v) is 11.1. The van der Waals surface area contributed by atoms with E-state index in [2.05, 4.69) is 11.7 Å². The quantitative estimate of drug-likeness (QED) is 0.571. The fraction of sp³-hybridized carbons (Fsp3) is 0.833. The van der Waals surface area contributed by atoms with Crippen molar-refractivity contribution in [1.29, 1.82) is 0 Å². The molecule has 0 aromatic carbocycles. The molecule has 0 heterocycles. The van der Waals surface area contributed by atoms with E-state index in [0.29, 0.717) is 12.3 Å². The molecule has 0 aliphatic carbocycles. The van der Waals surface area contributed by atoms with E-state index in [0.717, 1.165) is 5.02 Å². The topological polar surface area (TPSA) is 26.3 Å². The van der Waals surface area contributed by atoms with Crippen LogP contribution >= 0.6 is 17.0 Å². The van der Waals surface area contributed by atoms with Crippen molar-refractivity contribution in [2.24, 2.45) is 5.92 Å². The molecule has 1 atom stereocenters. The molecule has 0 aliphatic rings. The van der Waals surface area contributed by atoms with Crippen LogP contribution in [-0.2, 0) is 27.8 Å². The third-order valence-electron chi connectivity index (χ3n) is 1.24. The predicted molar refractivity (Wildman–Crippen MR) is 40.9 cm³/mol. The summed E-state index contributed by atoms with van der Waals surface area (Å²) >= 11 is 1.26. The monoisotopic (exact) mass is 259 g/mol. The molecule has 0 saturated heterocycles. The Kier molecular flexibility index (Phi) is 10.1. The summed E-state index contributed by atoms with van der Waals surface area (Å²) in [4.78, 5) is 10.6. The standard InChI is InChI=1S/C6H11O2.BrH.Zn/c1-5(2)4-6(7)8-3;;/h5H,1,4H2,2-3H3;1H;. The predicted octanol–water partition coefficient (Wildman–Crippen LogP) is 1.73. The number of carbonyl (C=O) groups is 1. The first-order chi connectivity index (χ1) is 4.20. The Labute approximate surface area is 82.2 Å². The van der Waals surface area contributed by atoms with Crippen LogP contribution in [-0.4, -0.2) is 13.1 Å². The average Bonchev–Trinajstić information content (AvgIpc) is 1.87. The van der Waals surface area contributed by atoms with Crippen molar-refractivity contribution in [1.82, 2.24) is 0 Å². The summed E-state index contributed by atoms with van der Waals surface area (Å²) in [5.74, 6) is 0.424. The van der Waals surface area contributed by atoms with Crippen LogP contribution in [0.5, 0.6) is 0 Å². The van der Waals surface area contributed by atoms with Gasteiger partial charge in [0.1, 0.15) is 0 Å². The van der Waals surface area contributed by atoms with E-state index in [4.69, 9.17) is 0 Å². The second kappa shape index (κ2) is 7.68. The Morgan fingerprint density at radius 1 is 1.70 bits per heavy atom. The van der Waals surface area contributed by atoms with Crippen molar-refractivity contribution >= 4 is 23.0 Å². The van der Waals surface area contributed by atoms with Crippen molar-refractivity contribution in [2.75, 3.05) is 7.11 Å². The fourth-order valence-electron chi connectivity index (χ4n) is 0.470. The number of hydrogen-bond donors (Lipinski definition) is 0. The van der Waals surface area contributed by atoms with Crippen LogP contribution in [0.15, 0.2) is 0 Å². The van der Waals surface area contributed by atoms with Crippen molar-refractivity contribution in [3.05, 3.63) is 0 Å². The molecule has 0 radical (unpaired) electrons. The molecule has 0 spiro atoms. The molecule has 0 aromatic rings. The minimum absolute atomic E-state index is 0. The Morgan fingerprint density at radius 2 is 2.20 bits per heavy atom. The molecule has 0 saturated carbocycles.